The van der Waals surface area contributed by atoms with Crippen LogP contribution in [0.2, 0.25) is 0 Å². The number of amides is 2. The zero-order valence-corrected chi connectivity index (χ0v) is 18.6. The van der Waals surface area contributed by atoms with Gasteiger partial charge in [-0.1, -0.05) is 72.8 Å². The maximum atomic E-state index is 13.4. The number of carbonyl (C=O) groups excluding carboxylic acids is 2. The average Bonchev–Trinajstić information content (AvgIpc) is 2.86. The van der Waals surface area contributed by atoms with Crippen LogP contribution < -0.4 is 10.5 Å². The fraction of sp³-hybridized carbons (Fsp3) is 0.185. The number of carbonyl (C=O) groups is 2. The SMILES string of the molecule is O=C1CN(c2nc3ccccc3c(=O)n2Cc2ccccc2)CC(=O)N1CCc1ccccc1. The first-order chi connectivity index (χ1) is 16.6. The van der Waals surface area contributed by atoms with Crippen LogP contribution in [0.25, 0.3) is 10.9 Å². The minimum absolute atomic E-state index is 0.0138. The lowest BCUT2D eigenvalue weighted by Gasteiger charge is -2.34. The van der Waals surface area contributed by atoms with E-state index in [2.05, 4.69) is 0 Å². The lowest BCUT2D eigenvalue weighted by atomic mass is 10.1. The standard InChI is InChI=1S/C27H24N4O3/c32-24-18-29(19-25(33)30(24)16-15-20-9-3-1-4-10-20)27-28-23-14-8-7-13-22(23)26(34)31(27)17-21-11-5-2-6-12-21/h1-14H,15-19H2. The Morgan fingerprint density at radius 3 is 1.97 bits per heavy atom. The van der Waals surface area contributed by atoms with Crippen molar-refractivity contribution in [3.05, 3.63) is 106 Å². The molecule has 0 aliphatic carbocycles. The second-order valence-corrected chi connectivity index (χ2v) is 8.34. The molecule has 34 heavy (non-hydrogen) atoms. The Hall–Kier alpha value is -4.26. The topological polar surface area (TPSA) is 75.5 Å². The number of benzene rings is 3. The number of hydrogen-bond acceptors (Lipinski definition) is 5. The smallest absolute Gasteiger partial charge is 0.263 e. The number of imide groups is 1. The highest BCUT2D eigenvalue weighted by atomic mass is 16.2. The molecule has 4 aromatic rings. The van der Waals surface area contributed by atoms with E-state index in [1.807, 2.05) is 66.7 Å². The molecule has 0 unspecified atom stereocenters. The minimum atomic E-state index is -0.291. The van der Waals surface area contributed by atoms with Gasteiger partial charge in [0.1, 0.15) is 13.1 Å². The largest absolute Gasteiger partial charge is 0.323 e. The Balaban J connectivity index is 1.45. The van der Waals surface area contributed by atoms with Gasteiger partial charge in [-0.05, 0) is 29.7 Å². The first-order valence-electron chi connectivity index (χ1n) is 11.3. The molecule has 0 radical (unpaired) electrons. The predicted molar refractivity (Wildman–Crippen MR) is 131 cm³/mol. The molecule has 0 saturated carbocycles. The summed E-state index contributed by atoms with van der Waals surface area (Å²) in [7, 11) is 0. The van der Waals surface area contributed by atoms with Crippen molar-refractivity contribution in [3.63, 3.8) is 0 Å². The zero-order chi connectivity index (χ0) is 23.5. The van der Waals surface area contributed by atoms with Crippen molar-refractivity contribution >= 4 is 28.7 Å². The van der Waals surface area contributed by atoms with Gasteiger partial charge in [-0.25, -0.2) is 4.98 Å². The summed E-state index contributed by atoms with van der Waals surface area (Å²) in [5, 5.41) is 0.501. The van der Waals surface area contributed by atoms with Gasteiger partial charge in [-0.15, -0.1) is 0 Å². The van der Waals surface area contributed by atoms with Crippen LogP contribution in [0.1, 0.15) is 11.1 Å². The fourth-order valence-electron chi connectivity index (χ4n) is 4.27. The molecule has 170 valence electrons. The monoisotopic (exact) mass is 452 g/mol. The normalized spacial score (nSPS) is 14.1. The lowest BCUT2D eigenvalue weighted by Crippen LogP contribution is -2.55. The van der Waals surface area contributed by atoms with E-state index in [0.29, 0.717) is 36.4 Å². The van der Waals surface area contributed by atoms with Crippen molar-refractivity contribution in [2.45, 2.75) is 13.0 Å². The first-order valence-corrected chi connectivity index (χ1v) is 11.3. The highest BCUT2D eigenvalue weighted by Crippen LogP contribution is 2.19. The highest BCUT2D eigenvalue weighted by Gasteiger charge is 2.33. The molecule has 1 aliphatic rings. The molecule has 0 spiro atoms. The van der Waals surface area contributed by atoms with Crippen LogP contribution in [0.4, 0.5) is 5.95 Å². The third-order valence-corrected chi connectivity index (χ3v) is 6.03. The van der Waals surface area contributed by atoms with Crippen molar-refractivity contribution in [1.29, 1.82) is 0 Å². The van der Waals surface area contributed by atoms with Crippen molar-refractivity contribution in [1.82, 2.24) is 14.5 Å². The van der Waals surface area contributed by atoms with E-state index >= 15 is 0 Å². The van der Waals surface area contributed by atoms with Gasteiger partial charge in [0.25, 0.3) is 5.56 Å². The number of nitrogens with zero attached hydrogens (tertiary/aromatic N) is 4. The van der Waals surface area contributed by atoms with Crippen LogP contribution >= 0.6 is 0 Å². The lowest BCUT2D eigenvalue weighted by molar-refractivity contribution is -0.145. The number of fused-ring (bicyclic) bond motifs is 1. The van der Waals surface area contributed by atoms with Crippen LogP contribution in [0.3, 0.4) is 0 Å². The summed E-state index contributed by atoms with van der Waals surface area (Å²) in [6.45, 7) is 0.598. The molecule has 1 aromatic heterocycles. The fourth-order valence-corrected chi connectivity index (χ4v) is 4.27. The molecule has 2 amide bonds. The summed E-state index contributed by atoms with van der Waals surface area (Å²) < 4.78 is 1.55. The Labute approximate surface area is 196 Å². The molecular weight excluding hydrogens is 428 g/mol. The number of para-hydroxylation sites is 1. The Morgan fingerprint density at radius 1 is 0.706 bits per heavy atom. The van der Waals surface area contributed by atoms with E-state index in [1.54, 1.807) is 27.7 Å². The number of rotatable bonds is 6. The molecule has 3 aromatic carbocycles. The van der Waals surface area contributed by atoms with Crippen LogP contribution in [0, 0.1) is 0 Å². The summed E-state index contributed by atoms with van der Waals surface area (Å²) in [4.78, 5) is 47.0. The molecule has 0 N–H and O–H groups in total. The van der Waals surface area contributed by atoms with Gasteiger partial charge in [-0.2, -0.15) is 0 Å². The van der Waals surface area contributed by atoms with E-state index in [1.165, 1.54) is 4.90 Å². The quantitative estimate of drug-likeness (QED) is 0.421. The summed E-state index contributed by atoms with van der Waals surface area (Å²) in [6.07, 6.45) is 0.602. The van der Waals surface area contributed by atoms with Gasteiger partial charge in [-0.3, -0.25) is 23.9 Å². The Kier molecular flexibility index (Phi) is 5.91. The van der Waals surface area contributed by atoms with Gasteiger partial charge in [0.2, 0.25) is 17.8 Å². The van der Waals surface area contributed by atoms with E-state index in [-0.39, 0.29) is 30.5 Å². The molecule has 1 aliphatic heterocycles. The summed E-state index contributed by atoms with van der Waals surface area (Å²) in [5.74, 6) is -0.251. The van der Waals surface area contributed by atoms with Gasteiger partial charge in [0.15, 0.2) is 0 Å². The third kappa shape index (κ3) is 4.32. The molecule has 0 atom stereocenters. The van der Waals surface area contributed by atoms with Crippen molar-refractivity contribution < 1.29 is 9.59 Å². The maximum Gasteiger partial charge on any atom is 0.263 e. The molecule has 1 fully saturated rings. The number of aromatic nitrogens is 2. The van der Waals surface area contributed by atoms with E-state index in [4.69, 9.17) is 4.98 Å². The maximum absolute atomic E-state index is 13.4. The highest BCUT2D eigenvalue weighted by molar-refractivity contribution is 6.02. The zero-order valence-electron chi connectivity index (χ0n) is 18.6. The van der Waals surface area contributed by atoms with Crippen LogP contribution in [0.5, 0.6) is 0 Å². The molecule has 7 heteroatoms. The van der Waals surface area contributed by atoms with E-state index in [9.17, 15) is 14.4 Å². The Bertz CT molecular complexity index is 1380. The van der Waals surface area contributed by atoms with Gasteiger partial charge in [0, 0.05) is 6.54 Å². The minimum Gasteiger partial charge on any atom is -0.323 e. The van der Waals surface area contributed by atoms with Gasteiger partial charge < -0.3 is 4.90 Å². The number of anilines is 1. The molecule has 5 rings (SSSR count). The number of piperazine rings is 1. The van der Waals surface area contributed by atoms with Crippen LogP contribution in [0.15, 0.2) is 89.7 Å². The van der Waals surface area contributed by atoms with Crippen molar-refractivity contribution in [2.24, 2.45) is 0 Å². The summed E-state index contributed by atoms with van der Waals surface area (Å²) >= 11 is 0. The molecular formula is C27H24N4O3. The van der Waals surface area contributed by atoms with Crippen LogP contribution in [-0.4, -0.2) is 45.9 Å². The second-order valence-electron chi connectivity index (χ2n) is 8.34. The molecule has 0 bridgehead atoms. The van der Waals surface area contributed by atoms with Gasteiger partial charge in [0.05, 0.1) is 17.4 Å². The van der Waals surface area contributed by atoms with Gasteiger partial charge >= 0.3 is 0 Å². The van der Waals surface area contributed by atoms with Crippen molar-refractivity contribution in [2.75, 3.05) is 24.5 Å². The molecule has 2 heterocycles. The summed E-state index contributed by atoms with van der Waals surface area (Å²) in [6, 6.07) is 26.5. The van der Waals surface area contributed by atoms with E-state index < -0.39 is 0 Å². The summed E-state index contributed by atoms with van der Waals surface area (Å²) in [5.41, 5.74) is 2.34. The van der Waals surface area contributed by atoms with E-state index in [0.717, 1.165) is 11.1 Å². The number of hydrogen-bond donors (Lipinski definition) is 0. The average molecular weight is 453 g/mol. The first kappa shape index (κ1) is 21.6. The van der Waals surface area contributed by atoms with Crippen LogP contribution in [-0.2, 0) is 22.6 Å². The molecule has 1 saturated heterocycles. The Morgan fingerprint density at radius 2 is 1.29 bits per heavy atom. The molecule has 7 nitrogen and oxygen atoms in total. The second kappa shape index (κ2) is 9.31. The van der Waals surface area contributed by atoms with Crippen molar-refractivity contribution in [3.8, 4) is 0 Å². The third-order valence-electron chi connectivity index (χ3n) is 6.03. The predicted octanol–water partition coefficient (Wildman–Crippen LogP) is 2.86.